The van der Waals surface area contributed by atoms with Gasteiger partial charge in [-0.05, 0) is 17.7 Å². The zero-order chi connectivity index (χ0) is 14.0. The topological polar surface area (TPSA) is 56.5 Å². The SMILES string of the molecule is O=[C]OCc1ccc2oc(C(F)(F)F)cc(=O)c2c1. The van der Waals surface area contributed by atoms with Gasteiger partial charge in [0.15, 0.2) is 5.43 Å². The van der Waals surface area contributed by atoms with Crippen LogP contribution in [0.15, 0.2) is 33.5 Å². The number of alkyl halides is 3. The van der Waals surface area contributed by atoms with E-state index < -0.39 is 17.4 Å². The molecule has 1 radical (unpaired) electrons. The molecule has 1 aromatic heterocycles. The molecule has 0 spiro atoms. The van der Waals surface area contributed by atoms with Crippen molar-refractivity contribution in [1.29, 1.82) is 0 Å². The second kappa shape index (κ2) is 4.75. The third-order valence-electron chi connectivity index (χ3n) is 2.37. The number of ether oxygens (including phenoxy) is 1. The maximum Gasteiger partial charge on any atom is 0.449 e. The van der Waals surface area contributed by atoms with Crippen LogP contribution in [-0.2, 0) is 22.3 Å². The van der Waals surface area contributed by atoms with Crippen molar-refractivity contribution in [2.45, 2.75) is 12.8 Å². The molecule has 0 aliphatic carbocycles. The fourth-order valence-corrected chi connectivity index (χ4v) is 1.55. The highest BCUT2D eigenvalue weighted by atomic mass is 19.4. The Morgan fingerprint density at radius 3 is 2.63 bits per heavy atom. The standard InChI is InChI=1S/C12H6F3O4/c13-12(14,15)11-4-9(17)8-3-7(5-18-6-16)1-2-10(8)19-11/h1-4H,5H2. The first-order valence-electron chi connectivity index (χ1n) is 5.05. The van der Waals surface area contributed by atoms with Gasteiger partial charge in [0.05, 0.1) is 5.39 Å². The van der Waals surface area contributed by atoms with Crippen molar-refractivity contribution in [1.82, 2.24) is 0 Å². The molecule has 0 unspecified atom stereocenters. The van der Waals surface area contributed by atoms with Crippen LogP contribution in [0.3, 0.4) is 0 Å². The molecular formula is C12H6F3O4. The van der Waals surface area contributed by atoms with Crippen LogP contribution >= 0.6 is 0 Å². The molecule has 2 rings (SSSR count). The highest BCUT2D eigenvalue weighted by Gasteiger charge is 2.34. The minimum Gasteiger partial charge on any atom is -0.452 e. The summed E-state index contributed by atoms with van der Waals surface area (Å²) in [5.41, 5.74) is -0.549. The van der Waals surface area contributed by atoms with Gasteiger partial charge < -0.3 is 9.15 Å². The van der Waals surface area contributed by atoms with Crippen LogP contribution in [0.4, 0.5) is 13.2 Å². The third kappa shape index (κ3) is 2.75. The van der Waals surface area contributed by atoms with Gasteiger partial charge in [0.2, 0.25) is 5.76 Å². The smallest absolute Gasteiger partial charge is 0.449 e. The van der Waals surface area contributed by atoms with Crippen molar-refractivity contribution in [3.8, 4) is 0 Å². The van der Waals surface area contributed by atoms with Crippen molar-refractivity contribution < 1.29 is 27.1 Å². The molecule has 2 aromatic rings. The van der Waals surface area contributed by atoms with Crippen LogP contribution < -0.4 is 5.43 Å². The summed E-state index contributed by atoms with van der Waals surface area (Å²) in [5, 5.41) is -0.0139. The Balaban J connectivity index is 2.54. The molecule has 0 amide bonds. The molecule has 1 aromatic carbocycles. The highest BCUT2D eigenvalue weighted by molar-refractivity contribution is 5.77. The van der Waals surface area contributed by atoms with E-state index in [1.807, 2.05) is 0 Å². The minimum atomic E-state index is -4.72. The predicted molar refractivity (Wildman–Crippen MR) is 58.0 cm³/mol. The molecule has 0 atom stereocenters. The van der Waals surface area contributed by atoms with E-state index in [0.29, 0.717) is 11.6 Å². The van der Waals surface area contributed by atoms with Gasteiger partial charge in [-0.25, -0.2) is 4.79 Å². The second-order valence-electron chi connectivity index (χ2n) is 3.68. The Hall–Kier alpha value is -2.31. The number of benzene rings is 1. The molecule has 1 heterocycles. The summed E-state index contributed by atoms with van der Waals surface area (Å²) in [5.74, 6) is -1.35. The zero-order valence-electron chi connectivity index (χ0n) is 9.28. The van der Waals surface area contributed by atoms with Crippen molar-refractivity contribution >= 4 is 17.4 Å². The van der Waals surface area contributed by atoms with Gasteiger partial charge in [0.1, 0.15) is 12.2 Å². The van der Waals surface area contributed by atoms with Crippen LogP contribution in [0.5, 0.6) is 0 Å². The lowest BCUT2D eigenvalue weighted by Crippen LogP contribution is -2.11. The van der Waals surface area contributed by atoms with Crippen LogP contribution in [-0.4, -0.2) is 6.47 Å². The van der Waals surface area contributed by atoms with E-state index in [-0.39, 0.29) is 17.6 Å². The van der Waals surface area contributed by atoms with E-state index in [9.17, 15) is 22.8 Å². The number of halogens is 3. The summed E-state index contributed by atoms with van der Waals surface area (Å²) >= 11 is 0. The zero-order valence-corrected chi connectivity index (χ0v) is 9.28. The summed E-state index contributed by atoms with van der Waals surface area (Å²) < 4.78 is 46.3. The van der Waals surface area contributed by atoms with E-state index >= 15 is 0 Å². The first kappa shape index (κ1) is 13.1. The molecule has 0 N–H and O–H groups in total. The molecule has 0 saturated carbocycles. The van der Waals surface area contributed by atoms with E-state index in [1.54, 1.807) is 0 Å². The first-order chi connectivity index (χ1) is 8.91. The van der Waals surface area contributed by atoms with Gasteiger partial charge in [-0.1, -0.05) is 6.07 Å². The maximum atomic E-state index is 12.4. The summed E-state index contributed by atoms with van der Waals surface area (Å²) in [7, 11) is 0. The fourth-order valence-electron chi connectivity index (χ4n) is 1.55. The molecule has 0 aliphatic rings. The molecule has 4 nitrogen and oxygen atoms in total. The van der Waals surface area contributed by atoms with Crippen molar-refractivity contribution in [2.24, 2.45) is 0 Å². The van der Waals surface area contributed by atoms with E-state index in [4.69, 9.17) is 0 Å². The summed E-state index contributed by atoms with van der Waals surface area (Å²) in [6.07, 6.45) is -4.72. The summed E-state index contributed by atoms with van der Waals surface area (Å²) in [6.45, 7) is 1.08. The van der Waals surface area contributed by atoms with E-state index in [2.05, 4.69) is 9.15 Å². The monoisotopic (exact) mass is 271 g/mol. The Morgan fingerprint density at radius 2 is 2.00 bits per heavy atom. The molecule has 7 heteroatoms. The fraction of sp³-hybridized carbons (Fsp3) is 0.167. The van der Waals surface area contributed by atoms with Crippen LogP contribution in [0.2, 0.25) is 0 Å². The number of hydrogen-bond acceptors (Lipinski definition) is 4. The average Bonchev–Trinajstić information content (AvgIpc) is 2.35. The van der Waals surface area contributed by atoms with Gasteiger partial charge in [-0.15, -0.1) is 0 Å². The minimum absolute atomic E-state index is 0.0139. The molecule has 0 aliphatic heterocycles. The largest absolute Gasteiger partial charge is 0.452 e. The number of fused-ring (bicyclic) bond motifs is 1. The third-order valence-corrected chi connectivity index (χ3v) is 2.37. The summed E-state index contributed by atoms with van der Waals surface area (Å²) in [6, 6.07) is 4.30. The van der Waals surface area contributed by atoms with Gasteiger partial charge in [0, 0.05) is 6.07 Å². The van der Waals surface area contributed by atoms with Crippen LogP contribution in [0.1, 0.15) is 11.3 Å². The highest BCUT2D eigenvalue weighted by Crippen LogP contribution is 2.30. The van der Waals surface area contributed by atoms with Crippen molar-refractivity contribution in [3.05, 3.63) is 45.8 Å². The maximum absolute atomic E-state index is 12.4. The lowest BCUT2D eigenvalue weighted by molar-refractivity contribution is -0.152. The van der Waals surface area contributed by atoms with Crippen LogP contribution in [0, 0.1) is 0 Å². The van der Waals surface area contributed by atoms with Gasteiger partial charge >= 0.3 is 12.6 Å². The van der Waals surface area contributed by atoms with Crippen LogP contribution in [0.25, 0.3) is 11.0 Å². The number of rotatable bonds is 3. The van der Waals surface area contributed by atoms with E-state index in [0.717, 1.165) is 0 Å². The van der Waals surface area contributed by atoms with Gasteiger partial charge in [-0.2, -0.15) is 13.2 Å². The lowest BCUT2D eigenvalue weighted by Gasteiger charge is -2.07. The molecule has 19 heavy (non-hydrogen) atoms. The Kier molecular flexibility index (Phi) is 3.28. The van der Waals surface area contributed by atoms with Crippen molar-refractivity contribution in [3.63, 3.8) is 0 Å². The number of carbonyl (C=O) groups excluding carboxylic acids is 1. The number of hydrogen-bond donors (Lipinski definition) is 0. The first-order valence-corrected chi connectivity index (χ1v) is 5.05. The lowest BCUT2D eigenvalue weighted by atomic mass is 10.1. The van der Waals surface area contributed by atoms with Crippen molar-refractivity contribution in [2.75, 3.05) is 0 Å². The van der Waals surface area contributed by atoms with Gasteiger partial charge in [0.25, 0.3) is 0 Å². The summed E-state index contributed by atoms with van der Waals surface area (Å²) in [4.78, 5) is 21.5. The quantitative estimate of drug-likeness (QED) is 0.860. The molecular weight excluding hydrogens is 265 g/mol. The molecule has 0 saturated heterocycles. The predicted octanol–water partition coefficient (Wildman–Crippen LogP) is 2.40. The van der Waals surface area contributed by atoms with Gasteiger partial charge in [-0.3, -0.25) is 4.79 Å². The Labute approximate surface area is 104 Å². The molecule has 99 valence electrons. The normalized spacial score (nSPS) is 11.5. The Morgan fingerprint density at radius 1 is 1.26 bits per heavy atom. The molecule has 0 fully saturated rings. The average molecular weight is 271 g/mol. The molecule has 0 bridgehead atoms. The Bertz CT molecular complexity index is 673. The van der Waals surface area contributed by atoms with E-state index in [1.165, 1.54) is 24.7 Å². The second-order valence-corrected chi connectivity index (χ2v) is 3.68.